The summed E-state index contributed by atoms with van der Waals surface area (Å²) in [7, 11) is 0. The third-order valence-corrected chi connectivity index (χ3v) is 1.33. The van der Waals surface area contributed by atoms with E-state index < -0.39 is 0 Å². The Balaban J connectivity index is 2.45. The van der Waals surface area contributed by atoms with E-state index in [1.165, 1.54) is 0 Å². The second-order valence-corrected chi connectivity index (χ2v) is 2.50. The second kappa shape index (κ2) is 3.76. The molecule has 0 atom stereocenters. The van der Waals surface area contributed by atoms with Crippen LogP contribution in [-0.4, -0.2) is 12.3 Å². The lowest BCUT2D eigenvalue weighted by Crippen LogP contribution is -2.08. The molecule has 2 heteroatoms. The van der Waals surface area contributed by atoms with Crippen molar-refractivity contribution in [3.8, 4) is 0 Å². The highest BCUT2D eigenvalue weighted by molar-refractivity contribution is 5.82. The van der Waals surface area contributed by atoms with Crippen LogP contribution in [-0.2, 0) is 0 Å². The van der Waals surface area contributed by atoms with Crippen LogP contribution in [0.1, 0.15) is 6.92 Å². The number of nitrogens with one attached hydrogen (secondary N) is 2. The first-order valence-electron chi connectivity index (χ1n) is 3.62. The molecule has 0 heterocycles. The van der Waals surface area contributed by atoms with Crippen molar-refractivity contribution in [2.75, 3.05) is 11.9 Å². The predicted octanol–water partition coefficient (Wildman–Crippen LogP) is 2.14. The van der Waals surface area contributed by atoms with Crippen LogP contribution in [0.5, 0.6) is 0 Å². The minimum atomic E-state index is 0.629. The summed E-state index contributed by atoms with van der Waals surface area (Å²) < 4.78 is 0. The SMILES string of the molecule is CC(=N)CNc1ccccc1. The summed E-state index contributed by atoms with van der Waals surface area (Å²) in [6, 6.07) is 9.90. The van der Waals surface area contributed by atoms with Crippen LogP contribution in [0.15, 0.2) is 30.3 Å². The Morgan fingerprint density at radius 1 is 1.36 bits per heavy atom. The first-order valence-corrected chi connectivity index (χ1v) is 3.62. The molecule has 0 aliphatic heterocycles. The molecule has 1 rings (SSSR count). The zero-order valence-electron chi connectivity index (χ0n) is 6.59. The highest BCUT2D eigenvalue weighted by atomic mass is 14.9. The maximum Gasteiger partial charge on any atom is 0.0524 e. The van der Waals surface area contributed by atoms with Crippen molar-refractivity contribution in [2.24, 2.45) is 0 Å². The van der Waals surface area contributed by atoms with E-state index in [0.29, 0.717) is 12.3 Å². The van der Waals surface area contributed by atoms with Gasteiger partial charge in [0.25, 0.3) is 0 Å². The van der Waals surface area contributed by atoms with Crippen molar-refractivity contribution in [1.82, 2.24) is 0 Å². The zero-order chi connectivity index (χ0) is 8.10. The van der Waals surface area contributed by atoms with Gasteiger partial charge in [-0.3, -0.25) is 0 Å². The summed E-state index contributed by atoms with van der Waals surface area (Å²) in [5, 5.41) is 10.3. The maximum atomic E-state index is 7.18. The minimum absolute atomic E-state index is 0.629. The van der Waals surface area contributed by atoms with Gasteiger partial charge in [0.05, 0.1) is 6.54 Å². The molecule has 0 aliphatic carbocycles. The van der Waals surface area contributed by atoms with Gasteiger partial charge in [0.15, 0.2) is 0 Å². The van der Waals surface area contributed by atoms with Crippen molar-refractivity contribution in [3.63, 3.8) is 0 Å². The fourth-order valence-electron chi connectivity index (χ4n) is 0.791. The van der Waals surface area contributed by atoms with E-state index in [2.05, 4.69) is 5.32 Å². The van der Waals surface area contributed by atoms with Crippen molar-refractivity contribution in [3.05, 3.63) is 30.3 Å². The molecule has 0 saturated heterocycles. The average Bonchev–Trinajstić information content (AvgIpc) is 2.03. The monoisotopic (exact) mass is 148 g/mol. The number of hydrogen-bond donors (Lipinski definition) is 2. The maximum absolute atomic E-state index is 7.18. The molecular weight excluding hydrogens is 136 g/mol. The molecule has 0 saturated carbocycles. The Morgan fingerprint density at radius 3 is 2.55 bits per heavy atom. The molecule has 2 nitrogen and oxygen atoms in total. The molecule has 0 amide bonds. The summed E-state index contributed by atoms with van der Waals surface area (Å²) in [4.78, 5) is 0. The van der Waals surface area contributed by atoms with Crippen LogP contribution < -0.4 is 5.32 Å². The van der Waals surface area contributed by atoms with Gasteiger partial charge in [0.2, 0.25) is 0 Å². The number of para-hydroxylation sites is 1. The topological polar surface area (TPSA) is 35.9 Å². The van der Waals surface area contributed by atoms with E-state index >= 15 is 0 Å². The third-order valence-electron chi connectivity index (χ3n) is 1.33. The summed E-state index contributed by atoms with van der Waals surface area (Å²) in [6.45, 7) is 2.42. The van der Waals surface area contributed by atoms with Crippen LogP contribution in [0, 0.1) is 5.41 Å². The number of rotatable bonds is 3. The van der Waals surface area contributed by atoms with Gasteiger partial charge in [-0.1, -0.05) is 18.2 Å². The Kier molecular flexibility index (Phi) is 2.66. The number of benzene rings is 1. The van der Waals surface area contributed by atoms with Gasteiger partial charge in [0.1, 0.15) is 0 Å². The minimum Gasteiger partial charge on any atom is -0.380 e. The summed E-state index contributed by atoms with van der Waals surface area (Å²) in [6.07, 6.45) is 0. The highest BCUT2D eigenvalue weighted by Crippen LogP contribution is 2.03. The number of hydrogen-bond acceptors (Lipinski definition) is 2. The molecule has 0 spiro atoms. The lowest BCUT2D eigenvalue weighted by atomic mass is 10.3. The summed E-state index contributed by atoms with van der Waals surface area (Å²) in [5.74, 6) is 0. The Morgan fingerprint density at radius 2 is 2.00 bits per heavy atom. The lowest BCUT2D eigenvalue weighted by molar-refractivity contribution is 1.31. The second-order valence-electron chi connectivity index (χ2n) is 2.50. The van der Waals surface area contributed by atoms with Gasteiger partial charge in [-0.2, -0.15) is 0 Å². The molecule has 1 aromatic rings. The van der Waals surface area contributed by atoms with E-state index in [9.17, 15) is 0 Å². The van der Waals surface area contributed by atoms with Gasteiger partial charge >= 0.3 is 0 Å². The van der Waals surface area contributed by atoms with E-state index in [0.717, 1.165) is 5.69 Å². The molecule has 0 aromatic heterocycles. The molecule has 0 unspecified atom stereocenters. The molecule has 0 fully saturated rings. The highest BCUT2D eigenvalue weighted by Gasteiger charge is 1.88. The first kappa shape index (κ1) is 7.79. The van der Waals surface area contributed by atoms with E-state index in [-0.39, 0.29) is 0 Å². The van der Waals surface area contributed by atoms with E-state index in [1.807, 2.05) is 30.3 Å². The quantitative estimate of drug-likeness (QED) is 0.633. The van der Waals surface area contributed by atoms with Crippen molar-refractivity contribution < 1.29 is 0 Å². The average molecular weight is 148 g/mol. The molecule has 58 valence electrons. The van der Waals surface area contributed by atoms with Crippen molar-refractivity contribution in [1.29, 1.82) is 5.41 Å². The summed E-state index contributed by atoms with van der Waals surface area (Å²) in [5.41, 5.74) is 1.72. The lowest BCUT2D eigenvalue weighted by Gasteiger charge is -2.02. The van der Waals surface area contributed by atoms with Gasteiger partial charge < -0.3 is 10.7 Å². The summed E-state index contributed by atoms with van der Waals surface area (Å²) >= 11 is 0. The standard InChI is InChI=1S/C9H12N2/c1-8(10)7-11-9-5-3-2-4-6-9/h2-6,10-11H,7H2,1H3. The third kappa shape index (κ3) is 2.85. The molecular formula is C9H12N2. The molecule has 1 aromatic carbocycles. The van der Waals surface area contributed by atoms with Crippen LogP contribution in [0.25, 0.3) is 0 Å². The Labute approximate surface area is 66.8 Å². The molecule has 0 aliphatic rings. The Hall–Kier alpha value is -1.31. The van der Waals surface area contributed by atoms with E-state index in [4.69, 9.17) is 5.41 Å². The van der Waals surface area contributed by atoms with Gasteiger partial charge in [0, 0.05) is 11.4 Å². The predicted molar refractivity (Wildman–Crippen MR) is 48.3 cm³/mol. The Bertz CT molecular complexity index is 229. The molecule has 2 N–H and O–H groups in total. The van der Waals surface area contributed by atoms with Crippen molar-refractivity contribution >= 4 is 11.4 Å². The van der Waals surface area contributed by atoms with Crippen molar-refractivity contribution in [2.45, 2.75) is 6.92 Å². The fraction of sp³-hybridized carbons (Fsp3) is 0.222. The van der Waals surface area contributed by atoms with Crippen LogP contribution in [0.2, 0.25) is 0 Å². The fourth-order valence-corrected chi connectivity index (χ4v) is 0.791. The van der Waals surface area contributed by atoms with E-state index in [1.54, 1.807) is 6.92 Å². The molecule has 0 bridgehead atoms. The van der Waals surface area contributed by atoms with Gasteiger partial charge in [-0.05, 0) is 19.1 Å². The normalized spacial score (nSPS) is 9.18. The molecule has 11 heavy (non-hydrogen) atoms. The van der Waals surface area contributed by atoms with Crippen LogP contribution in [0.3, 0.4) is 0 Å². The molecule has 0 radical (unpaired) electrons. The van der Waals surface area contributed by atoms with Gasteiger partial charge in [-0.25, -0.2) is 0 Å². The first-order chi connectivity index (χ1) is 5.29. The van der Waals surface area contributed by atoms with Gasteiger partial charge in [-0.15, -0.1) is 0 Å². The van der Waals surface area contributed by atoms with Crippen LogP contribution in [0.4, 0.5) is 5.69 Å². The smallest absolute Gasteiger partial charge is 0.0524 e. The largest absolute Gasteiger partial charge is 0.380 e. The number of anilines is 1. The van der Waals surface area contributed by atoms with Crippen LogP contribution >= 0.6 is 0 Å². The zero-order valence-corrected chi connectivity index (χ0v) is 6.59.